The molecule has 4 atom stereocenters. The number of nitrogens with two attached hydrogens (primary N) is 1. The van der Waals surface area contributed by atoms with Crippen LogP contribution in [0.25, 0.3) is 11.2 Å². The predicted octanol–water partition coefficient (Wildman–Crippen LogP) is -0.0894. The van der Waals surface area contributed by atoms with Crippen molar-refractivity contribution in [3.63, 3.8) is 0 Å². The van der Waals surface area contributed by atoms with Crippen LogP contribution in [0, 0.1) is 0 Å². The Morgan fingerprint density at radius 1 is 1.30 bits per heavy atom. The summed E-state index contributed by atoms with van der Waals surface area (Å²) in [7, 11) is 0. The third kappa shape index (κ3) is 2.06. The predicted molar refractivity (Wildman–Crippen MR) is 75.1 cm³/mol. The molecule has 2 fully saturated rings. The maximum absolute atomic E-state index is 11.5. The van der Waals surface area contributed by atoms with Crippen molar-refractivity contribution in [2.45, 2.75) is 44.2 Å². The molecule has 3 N–H and O–H groups in total. The summed E-state index contributed by atoms with van der Waals surface area (Å²) < 4.78 is 18.8. The monoisotopic (exact) mass is 321 g/mol. The SMILES string of the molecule is CC1(C)O[C@@H]2[C@@H](O1)[C@H](n1cnc3c(N)ncnc31)O[C@@H]2C(=O)O. The molecule has 0 unspecified atom stereocenters. The lowest BCUT2D eigenvalue weighted by atomic mass is 10.1. The fourth-order valence-electron chi connectivity index (χ4n) is 3.06. The third-order valence-corrected chi connectivity index (χ3v) is 3.93. The van der Waals surface area contributed by atoms with E-state index >= 15 is 0 Å². The first-order valence-corrected chi connectivity index (χ1v) is 7.04. The lowest BCUT2D eigenvalue weighted by molar-refractivity contribution is -0.202. The van der Waals surface area contributed by atoms with Gasteiger partial charge in [0.05, 0.1) is 6.33 Å². The third-order valence-electron chi connectivity index (χ3n) is 3.93. The zero-order valence-corrected chi connectivity index (χ0v) is 12.4. The highest BCUT2D eigenvalue weighted by molar-refractivity contribution is 5.81. The van der Waals surface area contributed by atoms with Crippen molar-refractivity contribution in [1.82, 2.24) is 19.5 Å². The number of carbonyl (C=O) groups is 1. The van der Waals surface area contributed by atoms with Gasteiger partial charge in [0.2, 0.25) is 0 Å². The Labute approximate surface area is 130 Å². The van der Waals surface area contributed by atoms with Gasteiger partial charge in [0, 0.05) is 0 Å². The summed E-state index contributed by atoms with van der Waals surface area (Å²) in [5.74, 6) is -1.76. The van der Waals surface area contributed by atoms with E-state index in [4.69, 9.17) is 19.9 Å². The van der Waals surface area contributed by atoms with E-state index in [1.807, 2.05) is 0 Å². The second-order valence-electron chi connectivity index (χ2n) is 5.93. The van der Waals surface area contributed by atoms with Crippen molar-refractivity contribution < 1.29 is 24.1 Å². The van der Waals surface area contributed by atoms with Crippen LogP contribution in [0.4, 0.5) is 5.82 Å². The summed E-state index contributed by atoms with van der Waals surface area (Å²) in [6, 6.07) is 0. The van der Waals surface area contributed by atoms with Gasteiger partial charge in [-0.3, -0.25) is 4.57 Å². The van der Waals surface area contributed by atoms with Crippen molar-refractivity contribution in [2.24, 2.45) is 0 Å². The standard InChI is InChI=1S/C13H15N5O5/c1-13(2)22-6-7(23-13)11(21-8(6)12(19)20)18-4-17-5-9(14)15-3-16-10(5)18/h3-4,6-8,11H,1-2H3,(H,19,20)(H2,14,15,16)/t6-,7-,8+,11-/m1/s1. The largest absolute Gasteiger partial charge is 0.479 e. The highest BCUT2D eigenvalue weighted by Crippen LogP contribution is 2.43. The summed E-state index contributed by atoms with van der Waals surface area (Å²) in [5.41, 5.74) is 6.64. The molecular weight excluding hydrogens is 306 g/mol. The van der Waals surface area contributed by atoms with Crippen molar-refractivity contribution in [3.05, 3.63) is 12.7 Å². The molecule has 2 saturated heterocycles. The van der Waals surface area contributed by atoms with Crippen LogP contribution in [0.1, 0.15) is 20.1 Å². The van der Waals surface area contributed by atoms with Crippen LogP contribution in [-0.4, -0.2) is 54.7 Å². The summed E-state index contributed by atoms with van der Waals surface area (Å²) in [6.45, 7) is 3.46. The zero-order valence-electron chi connectivity index (χ0n) is 12.4. The van der Waals surface area contributed by atoms with Gasteiger partial charge in [-0.15, -0.1) is 0 Å². The molecule has 122 valence electrons. The Morgan fingerprint density at radius 2 is 2.04 bits per heavy atom. The number of imidazole rings is 1. The number of nitrogen functional groups attached to an aromatic ring is 1. The van der Waals surface area contributed by atoms with E-state index in [2.05, 4.69) is 15.0 Å². The highest BCUT2D eigenvalue weighted by atomic mass is 16.8. The van der Waals surface area contributed by atoms with Gasteiger partial charge in [-0.2, -0.15) is 0 Å². The van der Waals surface area contributed by atoms with Crippen molar-refractivity contribution in [3.8, 4) is 0 Å². The molecule has 0 aliphatic carbocycles. The number of fused-ring (bicyclic) bond motifs is 2. The molecule has 4 rings (SSSR count). The van der Waals surface area contributed by atoms with Gasteiger partial charge >= 0.3 is 5.97 Å². The van der Waals surface area contributed by atoms with E-state index in [-0.39, 0.29) is 5.82 Å². The first kappa shape index (κ1) is 14.3. The van der Waals surface area contributed by atoms with E-state index in [1.165, 1.54) is 12.7 Å². The Morgan fingerprint density at radius 3 is 2.78 bits per heavy atom. The van der Waals surface area contributed by atoms with E-state index < -0.39 is 36.3 Å². The molecule has 10 heteroatoms. The number of rotatable bonds is 2. The smallest absolute Gasteiger partial charge is 0.335 e. The van der Waals surface area contributed by atoms with Gasteiger partial charge in [0.25, 0.3) is 0 Å². The van der Waals surface area contributed by atoms with Crippen LogP contribution in [0.3, 0.4) is 0 Å². The minimum atomic E-state index is -1.14. The summed E-state index contributed by atoms with van der Waals surface area (Å²) in [5, 5.41) is 9.37. The first-order chi connectivity index (χ1) is 10.9. The Hall–Kier alpha value is -2.30. The molecule has 2 aliphatic rings. The van der Waals surface area contributed by atoms with Gasteiger partial charge in [-0.1, -0.05) is 0 Å². The molecule has 0 bridgehead atoms. The summed E-state index contributed by atoms with van der Waals surface area (Å²) in [4.78, 5) is 23.7. The van der Waals surface area contributed by atoms with Gasteiger partial charge in [-0.05, 0) is 13.8 Å². The topological polar surface area (TPSA) is 135 Å². The van der Waals surface area contributed by atoms with Crippen LogP contribution in [0.2, 0.25) is 0 Å². The average molecular weight is 321 g/mol. The molecule has 23 heavy (non-hydrogen) atoms. The molecule has 0 saturated carbocycles. The highest BCUT2D eigenvalue weighted by Gasteiger charge is 2.58. The zero-order chi connectivity index (χ0) is 16.4. The molecule has 0 amide bonds. The normalized spacial score (nSPS) is 32.3. The number of aliphatic carboxylic acids is 1. The van der Waals surface area contributed by atoms with Crippen molar-refractivity contribution >= 4 is 23.0 Å². The summed E-state index contributed by atoms with van der Waals surface area (Å²) in [6.07, 6.45) is -0.391. The van der Waals surface area contributed by atoms with Crippen molar-refractivity contribution in [1.29, 1.82) is 0 Å². The average Bonchev–Trinajstić information content (AvgIpc) is 3.09. The number of carboxylic acids is 1. The van der Waals surface area contributed by atoms with Crippen LogP contribution < -0.4 is 5.73 Å². The fourth-order valence-corrected chi connectivity index (χ4v) is 3.06. The van der Waals surface area contributed by atoms with E-state index in [0.29, 0.717) is 11.2 Å². The molecule has 0 spiro atoms. The maximum Gasteiger partial charge on any atom is 0.335 e. The molecule has 0 aromatic carbocycles. The van der Waals surface area contributed by atoms with E-state index in [1.54, 1.807) is 18.4 Å². The molecular formula is C13H15N5O5. The number of nitrogens with zero attached hydrogens (tertiary/aromatic N) is 4. The van der Waals surface area contributed by atoms with E-state index in [0.717, 1.165) is 0 Å². The molecule has 2 aromatic heterocycles. The summed E-state index contributed by atoms with van der Waals surface area (Å²) >= 11 is 0. The molecule has 0 radical (unpaired) electrons. The van der Waals surface area contributed by atoms with Crippen LogP contribution in [-0.2, 0) is 19.0 Å². The minimum absolute atomic E-state index is 0.238. The van der Waals surface area contributed by atoms with Gasteiger partial charge in [0.15, 0.2) is 29.6 Å². The van der Waals surface area contributed by atoms with Gasteiger partial charge < -0.3 is 25.1 Å². The molecule has 2 aliphatic heterocycles. The molecule has 2 aromatic rings. The Balaban J connectivity index is 1.78. The molecule has 4 heterocycles. The lowest BCUT2D eigenvalue weighted by Gasteiger charge is -2.23. The number of ether oxygens (including phenoxy) is 3. The number of hydrogen-bond acceptors (Lipinski definition) is 8. The van der Waals surface area contributed by atoms with Crippen LogP contribution >= 0.6 is 0 Å². The number of aromatic nitrogens is 4. The number of hydrogen-bond donors (Lipinski definition) is 2. The Bertz CT molecular complexity index is 790. The fraction of sp³-hybridized carbons (Fsp3) is 0.538. The second-order valence-corrected chi connectivity index (χ2v) is 5.93. The minimum Gasteiger partial charge on any atom is -0.479 e. The van der Waals surface area contributed by atoms with Gasteiger partial charge in [0.1, 0.15) is 24.1 Å². The second kappa shape index (κ2) is 4.60. The quantitative estimate of drug-likeness (QED) is 0.777. The van der Waals surface area contributed by atoms with Crippen molar-refractivity contribution in [2.75, 3.05) is 5.73 Å². The molecule has 10 nitrogen and oxygen atoms in total. The first-order valence-electron chi connectivity index (χ1n) is 7.04. The Kier molecular flexibility index (Phi) is 2.86. The number of carboxylic acid groups (broad SMARTS) is 1. The number of anilines is 1. The van der Waals surface area contributed by atoms with Crippen LogP contribution in [0.15, 0.2) is 12.7 Å². The maximum atomic E-state index is 11.5. The van der Waals surface area contributed by atoms with Gasteiger partial charge in [-0.25, -0.2) is 19.7 Å². The van der Waals surface area contributed by atoms with E-state index in [9.17, 15) is 9.90 Å². The van der Waals surface area contributed by atoms with Crippen LogP contribution in [0.5, 0.6) is 0 Å². The lowest BCUT2D eigenvalue weighted by Crippen LogP contribution is -2.35.